The Morgan fingerprint density at radius 3 is 2.67 bits per heavy atom. The summed E-state index contributed by atoms with van der Waals surface area (Å²) in [6.45, 7) is 10.1. The van der Waals surface area contributed by atoms with Gasteiger partial charge in [-0.1, -0.05) is 32.3 Å². The second kappa shape index (κ2) is 7.21. The van der Waals surface area contributed by atoms with Gasteiger partial charge in [-0.05, 0) is 32.1 Å². The number of nitrogens with zero attached hydrogens (tertiary/aromatic N) is 3. The van der Waals surface area contributed by atoms with Crippen LogP contribution in [0.5, 0.6) is 0 Å². The van der Waals surface area contributed by atoms with Gasteiger partial charge in [0.05, 0.1) is 6.04 Å². The van der Waals surface area contributed by atoms with Gasteiger partial charge in [-0.2, -0.15) is 4.98 Å². The van der Waals surface area contributed by atoms with E-state index >= 15 is 0 Å². The zero-order valence-corrected chi connectivity index (χ0v) is 15.3. The van der Waals surface area contributed by atoms with Gasteiger partial charge in [-0.15, -0.1) is 0 Å². The lowest BCUT2D eigenvalue weighted by Crippen LogP contribution is -2.51. The van der Waals surface area contributed by atoms with Crippen LogP contribution in [0.25, 0.3) is 0 Å². The van der Waals surface area contributed by atoms with Gasteiger partial charge in [-0.25, -0.2) is 0 Å². The van der Waals surface area contributed by atoms with Crippen LogP contribution >= 0.6 is 0 Å². The van der Waals surface area contributed by atoms with Gasteiger partial charge >= 0.3 is 0 Å². The zero-order valence-electron chi connectivity index (χ0n) is 15.3. The minimum absolute atomic E-state index is 0.0368. The molecule has 2 fully saturated rings. The Bertz CT molecular complexity index is 567. The quantitative estimate of drug-likeness (QED) is 0.866. The van der Waals surface area contributed by atoms with E-state index < -0.39 is 0 Å². The van der Waals surface area contributed by atoms with E-state index in [9.17, 15) is 4.79 Å². The molecule has 6 heteroatoms. The molecule has 1 aliphatic heterocycles. The molecule has 1 saturated carbocycles. The maximum Gasteiger partial charge on any atom is 0.243 e. The van der Waals surface area contributed by atoms with Crippen LogP contribution in [0, 0.1) is 11.8 Å². The lowest BCUT2D eigenvalue weighted by molar-refractivity contribution is -0.134. The maximum atomic E-state index is 12.3. The molecule has 0 bridgehead atoms. The van der Waals surface area contributed by atoms with Crippen molar-refractivity contribution >= 4 is 5.91 Å². The number of likely N-dealkylation sites (tertiary alicyclic amines) is 1. The van der Waals surface area contributed by atoms with Crippen molar-refractivity contribution in [1.29, 1.82) is 0 Å². The Hall–Kier alpha value is -1.43. The van der Waals surface area contributed by atoms with Gasteiger partial charge < -0.3 is 14.7 Å². The van der Waals surface area contributed by atoms with Crippen molar-refractivity contribution in [3.05, 3.63) is 11.7 Å². The number of carbonyl (C=O) groups is 1. The van der Waals surface area contributed by atoms with E-state index in [0.717, 1.165) is 44.6 Å². The number of aromatic nitrogens is 2. The third-order valence-electron chi connectivity index (χ3n) is 5.30. The molecule has 1 N–H and O–H groups in total. The summed E-state index contributed by atoms with van der Waals surface area (Å²) in [6, 6.07) is 0.428. The van der Waals surface area contributed by atoms with E-state index in [-0.39, 0.29) is 12.0 Å². The molecule has 3 unspecified atom stereocenters. The van der Waals surface area contributed by atoms with E-state index in [1.54, 1.807) is 0 Å². The van der Waals surface area contributed by atoms with Crippen LogP contribution in [0.1, 0.15) is 77.1 Å². The Kier molecular flexibility index (Phi) is 5.23. The van der Waals surface area contributed by atoms with Crippen LogP contribution in [0.15, 0.2) is 4.52 Å². The molecule has 1 amide bonds. The number of amides is 1. The molecule has 2 aliphatic rings. The molecule has 1 aromatic heterocycles. The fourth-order valence-corrected chi connectivity index (χ4v) is 3.50. The topological polar surface area (TPSA) is 71.3 Å². The third-order valence-corrected chi connectivity index (χ3v) is 5.30. The van der Waals surface area contributed by atoms with E-state index in [1.165, 1.54) is 0 Å². The summed E-state index contributed by atoms with van der Waals surface area (Å²) < 4.78 is 5.41. The van der Waals surface area contributed by atoms with Gasteiger partial charge in [0.15, 0.2) is 5.82 Å². The minimum atomic E-state index is 0.0368. The first-order valence-electron chi connectivity index (χ1n) is 9.37. The lowest BCUT2D eigenvalue weighted by atomic mass is 9.89. The highest BCUT2D eigenvalue weighted by atomic mass is 16.5. The predicted octanol–water partition coefficient (Wildman–Crippen LogP) is 2.88. The minimum Gasteiger partial charge on any atom is -0.342 e. The normalized spacial score (nSPS) is 26.0. The summed E-state index contributed by atoms with van der Waals surface area (Å²) in [6.07, 6.45) is 4.23. The summed E-state index contributed by atoms with van der Waals surface area (Å²) in [5, 5.41) is 7.71. The molecule has 1 aliphatic carbocycles. The Morgan fingerprint density at radius 2 is 2.08 bits per heavy atom. The molecule has 0 radical (unpaired) electrons. The van der Waals surface area contributed by atoms with E-state index in [1.807, 2.05) is 0 Å². The van der Waals surface area contributed by atoms with Crippen LogP contribution in [0.2, 0.25) is 0 Å². The molecule has 3 rings (SSSR count). The number of piperidine rings is 1. The van der Waals surface area contributed by atoms with Crippen LogP contribution in [0.3, 0.4) is 0 Å². The van der Waals surface area contributed by atoms with E-state index in [2.05, 4.69) is 48.1 Å². The summed E-state index contributed by atoms with van der Waals surface area (Å²) in [5.74, 6) is 2.86. The van der Waals surface area contributed by atoms with Crippen molar-refractivity contribution in [2.24, 2.45) is 11.8 Å². The van der Waals surface area contributed by atoms with Gasteiger partial charge in [0.25, 0.3) is 0 Å². The Morgan fingerprint density at radius 1 is 1.33 bits per heavy atom. The van der Waals surface area contributed by atoms with Gasteiger partial charge in [0.2, 0.25) is 11.8 Å². The molecule has 6 nitrogen and oxygen atoms in total. The number of carbonyl (C=O) groups excluding carboxylic acids is 1. The number of rotatable bonds is 6. The largest absolute Gasteiger partial charge is 0.342 e. The van der Waals surface area contributed by atoms with Crippen molar-refractivity contribution in [2.75, 3.05) is 13.1 Å². The fourth-order valence-electron chi connectivity index (χ4n) is 3.50. The molecule has 1 aromatic rings. The SMILES string of the molecule is CCC1CN(C(=O)C2CC2)CCC1NC(C)c1nc(C(C)C)no1. The fraction of sp³-hybridized carbons (Fsp3) is 0.833. The average Bonchev–Trinajstić information content (AvgIpc) is 3.30. The summed E-state index contributed by atoms with van der Waals surface area (Å²) in [7, 11) is 0. The second-order valence-corrected chi connectivity index (χ2v) is 7.66. The highest BCUT2D eigenvalue weighted by molar-refractivity contribution is 5.81. The van der Waals surface area contributed by atoms with E-state index in [0.29, 0.717) is 29.7 Å². The number of hydrogen-bond donors (Lipinski definition) is 1. The van der Waals surface area contributed by atoms with Crippen molar-refractivity contribution in [1.82, 2.24) is 20.4 Å². The Labute approximate surface area is 144 Å². The van der Waals surface area contributed by atoms with Crippen LogP contribution in [0.4, 0.5) is 0 Å². The lowest BCUT2D eigenvalue weighted by Gasteiger charge is -2.39. The van der Waals surface area contributed by atoms with Crippen molar-refractivity contribution in [3.8, 4) is 0 Å². The van der Waals surface area contributed by atoms with Crippen molar-refractivity contribution in [2.45, 2.75) is 71.4 Å². The first-order chi connectivity index (χ1) is 11.5. The van der Waals surface area contributed by atoms with Crippen LogP contribution in [-0.2, 0) is 4.79 Å². The van der Waals surface area contributed by atoms with Gasteiger partial charge in [0.1, 0.15) is 0 Å². The Balaban J connectivity index is 1.58. The zero-order chi connectivity index (χ0) is 17.3. The smallest absolute Gasteiger partial charge is 0.243 e. The average molecular weight is 334 g/mol. The number of hydrogen-bond acceptors (Lipinski definition) is 5. The van der Waals surface area contributed by atoms with Crippen molar-refractivity contribution in [3.63, 3.8) is 0 Å². The molecular weight excluding hydrogens is 304 g/mol. The molecule has 0 spiro atoms. The molecule has 0 aromatic carbocycles. The molecule has 134 valence electrons. The van der Waals surface area contributed by atoms with Gasteiger partial charge in [0, 0.05) is 31.0 Å². The maximum absolute atomic E-state index is 12.3. The number of nitrogens with one attached hydrogen (secondary N) is 1. The van der Waals surface area contributed by atoms with Crippen LogP contribution < -0.4 is 5.32 Å². The molecule has 1 saturated heterocycles. The summed E-state index contributed by atoms with van der Waals surface area (Å²) >= 11 is 0. The second-order valence-electron chi connectivity index (χ2n) is 7.66. The molecule has 2 heterocycles. The van der Waals surface area contributed by atoms with Crippen LogP contribution in [-0.4, -0.2) is 40.1 Å². The van der Waals surface area contributed by atoms with Crippen molar-refractivity contribution < 1.29 is 9.32 Å². The predicted molar refractivity (Wildman–Crippen MR) is 91.4 cm³/mol. The third kappa shape index (κ3) is 3.79. The first-order valence-corrected chi connectivity index (χ1v) is 9.37. The standard InChI is InChI=1S/C18H30N4O2/c1-5-13-10-22(18(23)14-6-7-14)9-8-15(13)19-12(4)17-20-16(11(2)3)21-24-17/h11-15,19H,5-10H2,1-4H3. The summed E-state index contributed by atoms with van der Waals surface area (Å²) in [4.78, 5) is 18.9. The van der Waals surface area contributed by atoms with E-state index in [4.69, 9.17) is 4.52 Å². The molecule has 24 heavy (non-hydrogen) atoms. The molecular formula is C18H30N4O2. The monoisotopic (exact) mass is 334 g/mol. The molecule has 3 atom stereocenters. The highest BCUT2D eigenvalue weighted by Crippen LogP contribution is 2.33. The summed E-state index contributed by atoms with van der Waals surface area (Å²) in [5.41, 5.74) is 0. The first kappa shape index (κ1) is 17.4. The highest BCUT2D eigenvalue weighted by Gasteiger charge is 2.38. The van der Waals surface area contributed by atoms with Gasteiger partial charge in [-0.3, -0.25) is 4.79 Å².